The number of rotatable bonds is 8. The van der Waals surface area contributed by atoms with Crippen LogP contribution in [0.4, 0.5) is 0 Å². The number of methoxy groups -OCH3 is 1. The van der Waals surface area contributed by atoms with Crippen molar-refractivity contribution in [2.45, 2.75) is 26.0 Å². The molecule has 0 saturated heterocycles. The highest BCUT2D eigenvalue weighted by atomic mass is 32.2. The lowest BCUT2D eigenvalue weighted by molar-refractivity contribution is 0.171. The lowest BCUT2D eigenvalue weighted by atomic mass is 10.1. The summed E-state index contributed by atoms with van der Waals surface area (Å²) in [5.74, 6) is 2.98. The van der Waals surface area contributed by atoms with Crippen LogP contribution >= 0.6 is 11.8 Å². The van der Waals surface area contributed by atoms with E-state index in [2.05, 4.69) is 19.2 Å². The van der Waals surface area contributed by atoms with Crippen LogP contribution < -0.4 is 10.1 Å². The Morgan fingerprint density at radius 2 is 2.22 bits per heavy atom. The molecule has 1 aromatic carbocycles. The van der Waals surface area contributed by atoms with E-state index in [-0.39, 0.29) is 0 Å². The van der Waals surface area contributed by atoms with Crippen LogP contribution in [0.25, 0.3) is 0 Å². The Bertz CT molecular complexity index is 346. The molecule has 2 unspecified atom stereocenters. The first-order valence-corrected chi connectivity index (χ1v) is 7.46. The van der Waals surface area contributed by atoms with Crippen LogP contribution in [0, 0.1) is 0 Å². The summed E-state index contributed by atoms with van der Waals surface area (Å²) >= 11 is 1.91. The number of aliphatic hydroxyl groups is 1. The van der Waals surface area contributed by atoms with E-state index in [1.807, 2.05) is 36.0 Å². The molecule has 1 aromatic rings. The van der Waals surface area contributed by atoms with Crippen molar-refractivity contribution in [3.05, 3.63) is 29.8 Å². The maximum atomic E-state index is 10.1. The molecule has 2 atom stereocenters. The van der Waals surface area contributed by atoms with Crippen molar-refractivity contribution < 1.29 is 9.84 Å². The molecule has 0 spiro atoms. The summed E-state index contributed by atoms with van der Waals surface area (Å²) in [6, 6.07) is 7.98. The molecule has 0 bridgehead atoms. The Hall–Kier alpha value is -0.710. The topological polar surface area (TPSA) is 41.5 Å². The fourth-order valence-electron chi connectivity index (χ4n) is 1.63. The fourth-order valence-corrected chi connectivity index (χ4v) is 2.34. The number of hydrogen-bond acceptors (Lipinski definition) is 4. The monoisotopic (exact) mass is 269 g/mol. The summed E-state index contributed by atoms with van der Waals surface area (Å²) in [6.07, 6.45) is -0.492. The largest absolute Gasteiger partial charge is 0.497 e. The average Bonchev–Trinajstić information content (AvgIpc) is 2.42. The highest BCUT2D eigenvalue weighted by molar-refractivity contribution is 7.99. The van der Waals surface area contributed by atoms with Gasteiger partial charge >= 0.3 is 0 Å². The number of hydrogen-bond donors (Lipinski definition) is 2. The second-order valence-electron chi connectivity index (χ2n) is 4.26. The number of nitrogens with one attached hydrogen (secondary N) is 1. The highest BCUT2D eigenvalue weighted by Gasteiger charge is 2.10. The van der Waals surface area contributed by atoms with Gasteiger partial charge in [0.15, 0.2) is 0 Å². The third-order valence-corrected chi connectivity index (χ3v) is 3.85. The van der Waals surface area contributed by atoms with Crippen LogP contribution in [0.3, 0.4) is 0 Å². The Morgan fingerprint density at radius 3 is 2.89 bits per heavy atom. The molecule has 18 heavy (non-hydrogen) atoms. The Labute approximate surface area is 114 Å². The average molecular weight is 269 g/mol. The van der Waals surface area contributed by atoms with Crippen molar-refractivity contribution in [2.75, 3.05) is 25.2 Å². The molecule has 0 aliphatic rings. The van der Waals surface area contributed by atoms with Crippen LogP contribution in [0.1, 0.15) is 25.5 Å². The van der Waals surface area contributed by atoms with Gasteiger partial charge in [-0.25, -0.2) is 0 Å². The molecular weight excluding hydrogens is 246 g/mol. The molecule has 4 heteroatoms. The summed E-state index contributed by atoms with van der Waals surface area (Å²) in [6.45, 7) is 4.86. The number of aliphatic hydroxyl groups excluding tert-OH is 1. The zero-order valence-electron chi connectivity index (χ0n) is 11.3. The third-order valence-electron chi connectivity index (χ3n) is 2.71. The maximum absolute atomic E-state index is 10.1. The van der Waals surface area contributed by atoms with Gasteiger partial charge in [-0.2, -0.15) is 11.8 Å². The molecule has 3 nitrogen and oxygen atoms in total. The van der Waals surface area contributed by atoms with Crippen molar-refractivity contribution in [1.29, 1.82) is 0 Å². The second kappa shape index (κ2) is 8.40. The van der Waals surface area contributed by atoms with E-state index in [0.717, 1.165) is 22.8 Å². The summed E-state index contributed by atoms with van der Waals surface area (Å²) in [5, 5.41) is 13.4. The van der Waals surface area contributed by atoms with E-state index < -0.39 is 6.10 Å². The van der Waals surface area contributed by atoms with Gasteiger partial charge in [0.2, 0.25) is 0 Å². The van der Waals surface area contributed by atoms with Crippen LogP contribution in [0.15, 0.2) is 24.3 Å². The predicted octanol–water partition coefficient (Wildman–Crippen LogP) is 2.46. The predicted molar refractivity (Wildman–Crippen MR) is 78.4 cm³/mol. The van der Waals surface area contributed by atoms with Crippen LogP contribution in [0.5, 0.6) is 5.75 Å². The van der Waals surface area contributed by atoms with Crippen molar-refractivity contribution >= 4 is 11.8 Å². The second-order valence-corrected chi connectivity index (χ2v) is 5.58. The summed E-state index contributed by atoms with van der Waals surface area (Å²) < 4.78 is 5.15. The quantitative estimate of drug-likeness (QED) is 0.761. The van der Waals surface area contributed by atoms with Gasteiger partial charge in [-0.05, 0) is 30.4 Å². The van der Waals surface area contributed by atoms with Gasteiger partial charge < -0.3 is 15.2 Å². The molecule has 0 aliphatic carbocycles. The van der Waals surface area contributed by atoms with Gasteiger partial charge in [0.05, 0.1) is 13.2 Å². The first-order chi connectivity index (χ1) is 8.67. The van der Waals surface area contributed by atoms with Gasteiger partial charge in [0.25, 0.3) is 0 Å². The van der Waals surface area contributed by atoms with Crippen molar-refractivity contribution in [1.82, 2.24) is 5.32 Å². The molecule has 0 aliphatic heterocycles. The standard InChI is InChI=1S/C14H23NO2S/c1-4-18-10-11(2)15-9-14(16)12-6-5-7-13(8-12)17-3/h5-8,11,14-16H,4,9-10H2,1-3H3. The Morgan fingerprint density at radius 1 is 1.44 bits per heavy atom. The zero-order valence-corrected chi connectivity index (χ0v) is 12.2. The normalized spacial score (nSPS) is 14.2. The lowest BCUT2D eigenvalue weighted by Gasteiger charge is -2.17. The van der Waals surface area contributed by atoms with Gasteiger partial charge in [0.1, 0.15) is 5.75 Å². The molecule has 0 radical (unpaired) electrons. The molecule has 0 fully saturated rings. The molecule has 0 amide bonds. The molecule has 0 saturated carbocycles. The Balaban J connectivity index is 2.41. The lowest BCUT2D eigenvalue weighted by Crippen LogP contribution is -2.32. The van der Waals surface area contributed by atoms with Crippen molar-refractivity contribution in [3.8, 4) is 5.75 Å². The number of ether oxygens (including phenoxy) is 1. The molecule has 2 N–H and O–H groups in total. The SMILES string of the molecule is CCSCC(C)NCC(O)c1cccc(OC)c1. The van der Waals surface area contributed by atoms with Crippen LogP contribution in [0.2, 0.25) is 0 Å². The van der Waals surface area contributed by atoms with Gasteiger partial charge in [0, 0.05) is 18.3 Å². The van der Waals surface area contributed by atoms with E-state index in [4.69, 9.17) is 4.74 Å². The molecule has 1 rings (SSSR count). The van der Waals surface area contributed by atoms with E-state index in [1.54, 1.807) is 7.11 Å². The Kier molecular flexibility index (Phi) is 7.16. The van der Waals surface area contributed by atoms with Gasteiger partial charge in [-0.1, -0.05) is 19.1 Å². The smallest absolute Gasteiger partial charge is 0.119 e. The van der Waals surface area contributed by atoms with E-state index >= 15 is 0 Å². The fraction of sp³-hybridized carbons (Fsp3) is 0.571. The van der Waals surface area contributed by atoms with Gasteiger partial charge in [-0.3, -0.25) is 0 Å². The highest BCUT2D eigenvalue weighted by Crippen LogP contribution is 2.18. The summed E-state index contributed by atoms with van der Waals surface area (Å²) in [7, 11) is 1.63. The zero-order chi connectivity index (χ0) is 13.4. The number of thioether (sulfide) groups is 1. The molecule has 102 valence electrons. The summed E-state index contributed by atoms with van der Waals surface area (Å²) in [5.41, 5.74) is 0.886. The van der Waals surface area contributed by atoms with Crippen LogP contribution in [-0.2, 0) is 0 Å². The maximum Gasteiger partial charge on any atom is 0.119 e. The van der Waals surface area contributed by atoms with Gasteiger partial charge in [-0.15, -0.1) is 0 Å². The van der Waals surface area contributed by atoms with E-state index in [9.17, 15) is 5.11 Å². The first kappa shape index (κ1) is 15.3. The van der Waals surface area contributed by atoms with E-state index in [0.29, 0.717) is 12.6 Å². The minimum Gasteiger partial charge on any atom is -0.497 e. The minimum atomic E-state index is -0.492. The molecular formula is C14H23NO2S. The third kappa shape index (κ3) is 5.29. The first-order valence-electron chi connectivity index (χ1n) is 6.30. The molecule has 0 aromatic heterocycles. The van der Waals surface area contributed by atoms with Crippen molar-refractivity contribution in [2.24, 2.45) is 0 Å². The van der Waals surface area contributed by atoms with Crippen LogP contribution in [-0.4, -0.2) is 36.3 Å². The summed E-state index contributed by atoms with van der Waals surface area (Å²) in [4.78, 5) is 0. The molecule has 0 heterocycles. The number of benzene rings is 1. The van der Waals surface area contributed by atoms with Crippen molar-refractivity contribution in [3.63, 3.8) is 0 Å². The minimum absolute atomic E-state index is 0.412. The van der Waals surface area contributed by atoms with E-state index in [1.165, 1.54) is 0 Å².